The lowest BCUT2D eigenvalue weighted by atomic mass is 10.2. The van der Waals surface area contributed by atoms with Crippen LogP contribution in [0, 0.1) is 0 Å². The molecule has 3 N–H and O–H groups in total. The van der Waals surface area contributed by atoms with E-state index < -0.39 is 11.8 Å². The third-order valence-corrected chi connectivity index (χ3v) is 4.41. The van der Waals surface area contributed by atoms with Crippen LogP contribution in [-0.4, -0.2) is 29.7 Å². The van der Waals surface area contributed by atoms with Crippen molar-refractivity contribution in [2.24, 2.45) is 10.8 Å². The zero-order valence-corrected chi connectivity index (χ0v) is 16.1. The molecule has 0 aliphatic heterocycles. The predicted octanol–water partition coefficient (Wildman–Crippen LogP) is 2.66. The van der Waals surface area contributed by atoms with Crippen LogP contribution in [0.15, 0.2) is 58.2 Å². The smallest absolute Gasteiger partial charge is 0.275 e. The van der Waals surface area contributed by atoms with Gasteiger partial charge < -0.3 is 15.0 Å². The number of para-hydroxylation sites is 1. The lowest BCUT2D eigenvalue weighted by molar-refractivity contribution is -0.118. The highest BCUT2D eigenvalue weighted by atomic mass is 79.9. The number of amides is 2. The van der Waals surface area contributed by atoms with Gasteiger partial charge in [-0.3, -0.25) is 9.59 Å². The maximum atomic E-state index is 12.4. The van der Waals surface area contributed by atoms with Gasteiger partial charge in [-0.05, 0) is 24.3 Å². The van der Waals surface area contributed by atoms with Gasteiger partial charge in [0.05, 0.1) is 18.9 Å². The first-order chi connectivity index (χ1) is 13.0. The van der Waals surface area contributed by atoms with Crippen LogP contribution in [0.1, 0.15) is 15.9 Å². The molecule has 0 atom stereocenters. The van der Waals surface area contributed by atoms with Crippen LogP contribution in [0.2, 0.25) is 0 Å². The Bertz CT molecular complexity index is 1040. The molecule has 27 heavy (non-hydrogen) atoms. The summed E-state index contributed by atoms with van der Waals surface area (Å²) in [6, 6.07) is 12.7. The molecule has 0 aliphatic rings. The van der Waals surface area contributed by atoms with Crippen LogP contribution in [0.4, 0.5) is 0 Å². The fourth-order valence-electron chi connectivity index (χ4n) is 2.76. The van der Waals surface area contributed by atoms with Crippen LogP contribution in [0.3, 0.4) is 0 Å². The Morgan fingerprint density at radius 1 is 1.30 bits per heavy atom. The first-order valence-electron chi connectivity index (χ1n) is 8.02. The summed E-state index contributed by atoms with van der Waals surface area (Å²) in [5, 5.41) is 4.94. The standard InChI is InChI=1S/C19H17BrN4O3/c1-27-17-7-6-13(20)8-15(17)19(26)23-22-9-12-10-24(11-18(21)25)16-5-3-2-4-14(12)16/h2-10H,11H2,1H3,(H2,21,25)(H,23,26). The number of benzene rings is 2. The molecule has 0 bridgehead atoms. The maximum Gasteiger partial charge on any atom is 0.275 e. The van der Waals surface area contributed by atoms with Gasteiger partial charge in [0, 0.05) is 27.1 Å². The molecule has 0 fully saturated rings. The Kier molecular flexibility index (Phi) is 5.56. The van der Waals surface area contributed by atoms with Crippen molar-refractivity contribution < 1.29 is 14.3 Å². The normalized spacial score (nSPS) is 11.0. The molecule has 0 radical (unpaired) electrons. The number of rotatable bonds is 6. The Labute approximate surface area is 163 Å². The summed E-state index contributed by atoms with van der Waals surface area (Å²) in [7, 11) is 1.50. The van der Waals surface area contributed by atoms with Crippen molar-refractivity contribution in [3.8, 4) is 5.75 Å². The minimum atomic E-state index is -0.436. The molecule has 0 unspecified atom stereocenters. The Morgan fingerprint density at radius 2 is 2.07 bits per heavy atom. The molecule has 1 aromatic heterocycles. The van der Waals surface area contributed by atoms with Crippen molar-refractivity contribution in [1.82, 2.24) is 9.99 Å². The molecule has 2 aromatic carbocycles. The Hall–Kier alpha value is -3.13. The molecule has 3 rings (SSSR count). The number of nitrogens with two attached hydrogens (primary N) is 1. The third kappa shape index (κ3) is 4.17. The van der Waals surface area contributed by atoms with E-state index in [0.717, 1.165) is 20.9 Å². The number of carbonyl (C=O) groups is 2. The van der Waals surface area contributed by atoms with Crippen molar-refractivity contribution in [1.29, 1.82) is 0 Å². The average molecular weight is 429 g/mol. The summed E-state index contributed by atoms with van der Waals surface area (Å²) in [6.07, 6.45) is 3.30. The first-order valence-corrected chi connectivity index (χ1v) is 8.82. The lowest BCUT2D eigenvalue weighted by Crippen LogP contribution is -2.18. The second-order valence-electron chi connectivity index (χ2n) is 5.74. The van der Waals surface area contributed by atoms with Gasteiger partial charge in [-0.25, -0.2) is 5.43 Å². The second kappa shape index (κ2) is 8.05. The largest absolute Gasteiger partial charge is 0.496 e. The molecule has 138 valence electrons. The third-order valence-electron chi connectivity index (χ3n) is 3.92. The number of methoxy groups -OCH3 is 1. The predicted molar refractivity (Wildman–Crippen MR) is 107 cm³/mol. The number of hydrazone groups is 1. The van der Waals surface area contributed by atoms with Gasteiger partial charge in [-0.2, -0.15) is 5.10 Å². The quantitative estimate of drug-likeness (QED) is 0.466. The van der Waals surface area contributed by atoms with E-state index in [2.05, 4.69) is 26.5 Å². The van der Waals surface area contributed by atoms with E-state index in [9.17, 15) is 9.59 Å². The SMILES string of the molecule is COc1ccc(Br)cc1C(=O)NN=Cc1cn(CC(N)=O)c2ccccc12. The highest BCUT2D eigenvalue weighted by Gasteiger charge is 2.12. The highest BCUT2D eigenvalue weighted by molar-refractivity contribution is 9.10. The molecule has 2 amide bonds. The number of nitrogens with one attached hydrogen (secondary N) is 1. The van der Waals surface area contributed by atoms with E-state index >= 15 is 0 Å². The van der Waals surface area contributed by atoms with Gasteiger partial charge in [-0.1, -0.05) is 34.1 Å². The number of hydrogen-bond acceptors (Lipinski definition) is 4. The van der Waals surface area contributed by atoms with Gasteiger partial charge in [0.15, 0.2) is 0 Å². The molecule has 0 aliphatic carbocycles. The first kappa shape index (κ1) is 18.7. The number of carbonyl (C=O) groups excluding carboxylic acids is 2. The molecule has 7 nitrogen and oxygen atoms in total. The summed E-state index contributed by atoms with van der Waals surface area (Å²) in [4.78, 5) is 23.7. The van der Waals surface area contributed by atoms with Gasteiger partial charge >= 0.3 is 0 Å². The van der Waals surface area contributed by atoms with Gasteiger partial charge in [0.2, 0.25) is 5.91 Å². The van der Waals surface area contributed by atoms with Gasteiger partial charge in [-0.15, -0.1) is 0 Å². The topological polar surface area (TPSA) is 98.7 Å². The van der Waals surface area contributed by atoms with Crippen molar-refractivity contribution >= 4 is 44.9 Å². The van der Waals surface area contributed by atoms with Crippen molar-refractivity contribution in [2.45, 2.75) is 6.54 Å². The molecular formula is C19H17BrN4O3. The van der Waals surface area contributed by atoms with E-state index in [1.54, 1.807) is 29.0 Å². The summed E-state index contributed by atoms with van der Waals surface area (Å²) in [6.45, 7) is 0.0654. The zero-order valence-electron chi connectivity index (χ0n) is 14.5. The van der Waals surface area contributed by atoms with Crippen LogP contribution in [-0.2, 0) is 11.3 Å². The number of fused-ring (bicyclic) bond motifs is 1. The van der Waals surface area contributed by atoms with Crippen LogP contribution in [0.25, 0.3) is 10.9 Å². The van der Waals surface area contributed by atoms with Crippen molar-refractivity contribution in [3.63, 3.8) is 0 Å². The summed E-state index contributed by atoms with van der Waals surface area (Å²) in [5.41, 5.74) is 9.77. The van der Waals surface area contributed by atoms with E-state index in [4.69, 9.17) is 10.5 Å². The van der Waals surface area contributed by atoms with Gasteiger partial charge in [0.25, 0.3) is 5.91 Å². The van der Waals surface area contributed by atoms with E-state index in [-0.39, 0.29) is 6.54 Å². The molecule has 0 spiro atoms. The summed E-state index contributed by atoms with van der Waals surface area (Å²) >= 11 is 3.33. The van der Waals surface area contributed by atoms with Crippen molar-refractivity contribution in [3.05, 3.63) is 64.3 Å². The number of primary amides is 1. The fourth-order valence-corrected chi connectivity index (χ4v) is 3.12. The van der Waals surface area contributed by atoms with E-state index in [1.165, 1.54) is 13.3 Å². The number of ether oxygens (including phenoxy) is 1. The lowest BCUT2D eigenvalue weighted by Gasteiger charge is -2.07. The van der Waals surface area contributed by atoms with E-state index in [0.29, 0.717) is 11.3 Å². The second-order valence-corrected chi connectivity index (χ2v) is 6.66. The molecule has 1 heterocycles. The fraction of sp³-hybridized carbons (Fsp3) is 0.105. The molecular weight excluding hydrogens is 412 g/mol. The molecule has 0 saturated carbocycles. The maximum absolute atomic E-state index is 12.4. The molecule has 0 saturated heterocycles. The summed E-state index contributed by atoms with van der Waals surface area (Å²) in [5.74, 6) is -0.386. The summed E-state index contributed by atoms with van der Waals surface area (Å²) < 4.78 is 7.71. The Morgan fingerprint density at radius 3 is 2.81 bits per heavy atom. The van der Waals surface area contributed by atoms with Crippen LogP contribution >= 0.6 is 15.9 Å². The van der Waals surface area contributed by atoms with Crippen molar-refractivity contribution in [2.75, 3.05) is 7.11 Å². The highest BCUT2D eigenvalue weighted by Crippen LogP contribution is 2.23. The number of aromatic nitrogens is 1. The van der Waals surface area contributed by atoms with Gasteiger partial charge in [0.1, 0.15) is 12.3 Å². The minimum absolute atomic E-state index is 0.0654. The molecule has 3 aromatic rings. The minimum Gasteiger partial charge on any atom is -0.496 e. The van der Waals surface area contributed by atoms with Crippen LogP contribution < -0.4 is 15.9 Å². The van der Waals surface area contributed by atoms with E-state index in [1.807, 2.05) is 24.3 Å². The zero-order chi connectivity index (χ0) is 19.4. The Balaban J connectivity index is 1.84. The number of nitrogens with zero attached hydrogens (tertiary/aromatic N) is 2. The monoisotopic (exact) mass is 428 g/mol. The average Bonchev–Trinajstić information content (AvgIpc) is 2.99. The molecule has 8 heteroatoms. The van der Waals surface area contributed by atoms with Crippen LogP contribution in [0.5, 0.6) is 5.75 Å². The number of halogens is 1. The number of hydrogen-bond donors (Lipinski definition) is 2.